The summed E-state index contributed by atoms with van der Waals surface area (Å²) in [5.41, 5.74) is -0.133. The molecule has 0 saturated carbocycles. The first-order chi connectivity index (χ1) is 11.2. The van der Waals surface area contributed by atoms with Gasteiger partial charge in [0.2, 0.25) is 21.1 Å². The number of nitrogens with zero attached hydrogens (tertiary/aromatic N) is 2. The van der Waals surface area contributed by atoms with Crippen LogP contribution in [0.15, 0.2) is 35.2 Å². The molecule has 2 rings (SSSR count). The third-order valence-corrected chi connectivity index (χ3v) is 5.75. The highest BCUT2D eigenvalue weighted by molar-refractivity contribution is 7.89. The maximum absolute atomic E-state index is 12.0. The summed E-state index contributed by atoms with van der Waals surface area (Å²) >= 11 is 1.31. The summed E-state index contributed by atoms with van der Waals surface area (Å²) in [6.45, 7) is 6.04. The molecule has 0 unspecified atom stereocenters. The van der Waals surface area contributed by atoms with Crippen LogP contribution in [0, 0.1) is 0 Å². The predicted octanol–water partition coefficient (Wildman–Crippen LogP) is 2.14. The van der Waals surface area contributed by atoms with Gasteiger partial charge in [-0.05, 0) is 12.1 Å². The van der Waals surface area contributed by atoms with Crippen molar-refractivity contribution >= 4 is 32.4 Å². The van der Waals surface area contributed by atoms with Crippen molar-refractivity contribution < 1.29 is 13.2 Å². The molecule has 2 N–H and O–H groups in total. The van der Waals surface area contributed by atoms with E-state index in [1.165, 1.54) is 23.5 Å². The fourth-order valence-electron chi connectivity index (χ4n) is 1.74. The van der Waals surface area contributed by atoms with E-state index >= 15 is 0 Å². The maximum Gasteiger partial charge on any atom is 0.240 e. The molecule has 1 aromatic heterocycles. The first-order valence-electron chi connectivity index (χ1n) is 7.37. The highest BCUT2D eigenvalue weighted by Gasteiger charge is 2.20. The Hall–Kier alpha value is -1.84. The Morgan fingerprint density at radius 3 is 2.42 bits per heavy atom. The van der Waals surface area contributed by atoms with Gasteiger partial charge in [0.1, 0.15) is 5.01 Å². The lowest BCUT2D eigenvalue weighted by molar-refractivity contribution is -0.116. The van der Waals surface area contributed by atoms with E-state index in [9.17, 15) is 13.2 Å². The van der Waals surface area contributed by atoms with Crippen LogP contribution < -0.4 is 10.0 Å². The van der Waals surface area contributed by atoms with E-state index in [-0.39, 0.29) is 29.2 Å². The van der Waals surface area contributed by atoms with Gasteiger partial charge in [0.05, 0.1) is 4.90 Å². The molecule has 0 aliphatic carbocycles. The summed E-state index contributed by atoms with van der Waals surface area (Å²) in [5, 5.41) is 11.8. The topological polar surface area (TPSA) is 101 Å². The molecule has 0 saturated heterocycles. The number of sulfonamides is 1. The normalized spacial score (nSPS) is 12.1. The van der Waals surface area contributed by atoms with Crippen molar-refractivity contribution in [3.63, 3.8) is 0 Å². The first kappa shape index (κ1) is 18.5. The second kappa shape index (κ2) is 7.37. The summed E-state index contributed by atoms with van der Waals surface area (Å²) in [6.07, 6.45) is 0.0104. The van der Waals surface area contributed by atoms with Gasteiger partial charge in [-0.15, -0.1) is 10.2 Å². The minimum atomic E-state index is -3.60. The molecule has 9 heteroatoms. The highest BCUT2D eigenvalue weighted by atomic mass is 32.2. The quantitative estimate of drug-likeness (QED) is 0.813. The summed E-state index contributed by atoms with van der Waals surface area (Å²) < 4.78 is 26.4. The highest BCUT2D eigenvalue weighted by Crippen LogP contribution is 2.27. The molecule has 0 aliphatic rings. The number of hydrogen-bond donors (Lipinski definition) is 2. The number of amides is 1. The minimum absolute atomic E-state index is 0.00793. The fraction of sp³-hybridized carbons (Fsp3) is 0.400. The van der Waals surface area contributed by atoms with Gasteiger partial charge in [0.15, 0.2) is 0 Å². The number of aromatic nitrogens is 2. The average Bonchev–Trinajstić information content (AvgIpc) is 2.96. The molecule has 0 bridgehead atoms. The lowest BCUT2D eigenvalue weighted by Crippen LogP contribution is -2.27. The minimum Gasteiger partial charge on any atom is -0.300 e. The van der Waals surface area contributed by atoms with Crippen molar-refractivity contribution in [2.24, 2.45) is 0 Å². The van der Waals surface area contributed by atoms with Crippen molar-refractivity contribution in [1.82, 2.24) is 14.9 Å². The molecule has 1 aromatic carbocycles. The Balaban J connectivity index is 1.85. The molecule has 1 heterocycles. The van der Waals surface area contributed by atoms with Gasteiger partial charge in [-0.3, -0.25) is 4.79 Å². The van der Waals surface area contributed by atoms with Gasteiger partial charge in [0.25, 0.3) is 0 Å². The second-order valence-electron chi connectivity index (χ2n) is 6.17. The Labute approximate surface area is 145 Å². The van der Waals surface area contributed by atoms with Crippen LogP contribution in [0.3, 0.4) is 0 Å². The van der Waals surface area contributed by atoms with E-state index in [1.807, 2.05) is 20.8 Å². The summed E-state index contributed by atoms with van der Waals surface area (Å²) in [7, 11) is -3.60. The summed E-state index contributed by atoms with van der Waals surface area (Å²) in [6, 6.07) is 8.02. The molecule has 1 amide bonds. The average molecular weight is 368 g/mol. The standard InChI is InChI=1S/C15H20N4O3S2/c1-15(2,3)13-18-19-14(23-13)17-12(20)9-10-16-24(21,22)11-7-5-4-6-8-11/h4-8,16H,9-10H2,1-3H3,(H,17,19,20). The van der Waals surface area contributed by atoms with E-state index in [1.54, 1.807) is 18.2 Å². The molecule has 24 heavy (non-hydrogen) atoms. The Morgan fingerprint density at radius 1 is 1.17 bits per heavy atom. The van der Waals surface area contributed by atoms with Crippen LogP contribution in [0.25, 0.3) is 0 Å². The van der Waals surface area contributed by atoms with E-state index in [2.05, 4.69) is 20.2 Å². The molecular formula is C15H20N4O3S2. The van der Waals surface area contributed by atoms with Crippen LogP contribution in [0.1, 0.15) is 32.2 Å². The van der Waals surface area contributed by atoms with Gasteiger partial charge >= 0.3 is 0 Å². The van der Waals surface area contributed by atoms with Gasteiger partial charge in [0, 0.05) is 18.4 Å². The van der Waals surface area contributed by atoms with E-state index in [4.69, 9.17) is 0 Å². The number of nitrogens with one attached hydrogen (secondary N) is 2. The van der Waals surface area contributed by atoms with Gasteiger partial charge in [-0.2, -0.15) is 0 Å². The zero-order valence-electron chi connectivity index (χ0n) is 13.7. The third-order valence-electron chi connectivity index (χ3n) is 3.01. The number of rotatable bonds is 6. The van der Waals surface area contributed by atoms with Crippen molar-refractivity contribution in [2.45, 2.75) is 37.5 Å². The molecule has 0 aliphatic heterocycles. The maximum atomic E-state index is 12.0. The second-order valence-corrected chi connectivity index (χ2v) is 8.92. The molecule has 2 aromatic rings. The van der Waals surface area contributed by atoms with Crippen LogP contribution >= 0.6 is 11.3 Å². The number of benzene rings is 1. The molecule has 0 atom stereocenters. The first-order valence-corrected chi connectivity index (χ1v) is 9.67. The van der Waals surface area contributed by atoms with Crippen molar-refractivity contribution in [3.8, 4) is 0 Å². The SMILES string of the molecule is CC(C)(C)c1nnc(NC(=O)CCNS(=O)(=O)c2ccccc2)s1. The monoisotopic (exact) mass is 368 g/mol. The molecular weight excluding hydrogens is 348 g/mol. The number of carbonyl (C=O) groups excluding carboxylic acids is 1. The third kappa shape index (κ3) is 5.08. The smallest absolute Gasteiger partial charge is 0.240 e. The molecule has 0 spiro atoms. The lowest BCUT2D eigenvalue weighted by atomic mass is 9.98. The zero-order valence-corrected chi connectivity index (χ0v) is 15.4. The summed E-state index contributed by atoms with van der Waals surface area (Å²) in [5.74, 6) is -0.317. The van der Waals surface area contributed by atoms with Gasteiger partial charge in [-0.25, -0.2) is 13.1 Å². The molecule has 7 nitrogen and oxygen atoms in total. The van der Waals surface area contributed by atoms with Crippen LogP contribution in [0.5, 0.6) is 0 Å². The lowest BCUT2D eigenvalue weighted by Gasteiger charge is -2.12. The van der Waals surface area contributed by atoms with Crippen molar-refractivity contribution in [1.29, 1.82) is 0 Å². The predicted molar refractivity (Wildman–Crippen MR) is 93.5 cm³/mol. The number of hydrogen-bond acceptors (Lipinski definition) is 6. The number of carbonyl (C=O) groups is 1. The van der Waals surface area contributed by atoms with Crippen LogP contribution in [-0.2, 0) is 20.2 Å². The number of anilines is 1. The van der Waals surface area contributed by atoms with Crippen LogP contribution in [0.2, 0.25) is 0 Å². The van der Waals surface area contributed by atoms with Crippen molar-refractivity contribution in [3.05, 3.63) is 35.3 Å². The van der Waals surface area contributed by atoms with E-state index in [0.717, 1.165) is 5.01 Å². The zero-order chi connectivity index (χ0) is 17.8. The van der Waals surface area contributed by atoms with Crippen LogP contribution in [0.4, 0.5) is 5.13 Å². The molecule has 130 valence electrons. The van der Waals surface area contributed by atoms with E-state index < -0.39 is 10.0 Å². The Kier molecular flexibility index (Phi) is 5.68. The largest absolute Gasteiger partial charge is 0.300 e. The molecule has 0 radical (unpaired) electrons. The Morgan fingerprint density at radius 2 is 1.83 bits per heavy atom. The fourth-order valence-corrected chi connectivity index (χ4v) is 3.61. The van der Waals surface area contributed by atoms with E-state index in [0.29, 0.717) is 5.13 Å². The molecule has 0 fully saturated rings. The van der Waals surface area contributed by atoms with Crippen molar-refractivity contribution in [2.75, 3.05) is 11.9 Å². The van der Waals surface area contributed by atoms with Crippen LogP contribution in [-0.4, -0.2) is 31.1 Å². The summed E-state index contributed by atoms with van der Waals surface area (Å²) in [4.78, 5) is 12.1. The van der Waals surface area contributed by atoms with Gasteiger partial charge in [-0.1, -0.05) is 50.3 Å². The van der Waals surface area contributed by atoms with Gasteiger partial charge < -0.3 is 5.32 Å². The Bertz CT molecular complexity index is 796.